The van der Waals surface area contributed by atoms with Crippen molar-refractivity contribution in [1.29, 1.82) is 0 Å². The highest BCUT2D eigenvalue weighted by Gasteiger charge is 2.13. The van der Waals surface area contributed by atoms with Gasteiger partial charge in [0.25, 0.3) is 0 Å². The number of aromatic nitrogens is 2. The van der Waals surface area contributed by atoms with E-state index in [1.165, 1.54) is 12.4 Å². The summed E-state index contributed by atoms with van der Waals surface area (Å²) in [7, 11) is -2.03. The molecule has 0 amide bonds. The van der Waals surface area contributed by atoms with Crippen LogP contribution in [0.2, 0.25) is 0 Å². The van der Waals surface area contributed by atoms with Crippen LogP contribution in [0.3, 0.4) is 0 Å². The molecule has 7 heteroatoms. The molecule has 15 heavy (non-hydrogen) atoms. The minimum Gasteiger partial charge on any atom is -0.385 e. The molecule has 0 aliphatic rings. The number of nitrogens with zero attached hydrogens (tertiary/aromatic N) is 2. The number of primary sulfonamides is 1. The van der Waals surface area contributed by atoms with Crippen molar-refractivity contribution in [2.75, 3.05) is 13.7 Å². The third-order valence-corrected chi connectivity index (χ3v) is 2.97. The summed E-state index contributed by atoms with van der Waals surface area (Å²) >= 11 is 0. The van der Waals surface area contributed by atoms with Gasteiger partial charge in [0.15, 0.2) is 0 Å². The van der Waals surface area contributed by atoms with Crippen LogP contribution in [0.5, 0.6) is 0 Å². The monoisotopic (exact) mass is 233 g/mol. The van der Waals surface area contributed by atoms with E-state index in [0.717, 1.165) is 6.42 Å². The van der Waals surface area contributed by atoms with Gasteiger partial charge in [-0.2, -0.15) is 5.10 Å². The molecule has 1 unspecified atom stereocenters. The number of nitrogens with two attached hydrogens (primary N) is 1. The number of ether oxygens (including phenoxy) is 1. The van der Waals surface area contributed by atoms with E-state index < -0.39 is 10.0 Å². The van der Waals surface area contributed by atoms with Gasteiger partial charge in [-0.15, -0.1) is 0 Å². The number of hydrogen-bond acceptors (Lipinski definition) is 4. The second-order valence-corrected chi connectivity index (χ2v) is 4.89. The van der Waals surface area contributed by atoms with Crippen molar-refractivity contribution in [2.45, 2.75) is 24.3 Å². The van der Waals surface area contributed by atoms with Gasteiger partial charge >= 0.3 is 0 Å². The van der Waals surface area contributed by atoms with Crippen LogP contribution in [-0.2, 0) is 14.8 Å². The largest absolute Gasteiger partial charge is 0.385 e. The third kappa shape index (κ3) is 3.29. The molecular formula is C8H15N3O3S. The molecular weight excluding hydrogens is 218 g/mol. The average molecular weight is 233 g/mol. The Morgan fingerprint density at radius 1 is 1.67 bits per heavy atom. The fourth-order valence-electron chi connectivity index (χ4n) is 1.13. The van der Waals surface area contributed by atoms with Crippen molar-refractivity contribution >= 4 is 10.0 Å². The van der Waals surface area contributed by atoms with Gasteiger partial charge in [0.2, 0.25) is 10.0 Å². The van der Waals surface area contributed by atoms with E-state index in [2.05, 4.69) is 5.10 Å². The molecule has 1 aromatic rings. The summed E-state index contributed by atoms with van der Waals surface area (Å²) in [6.07, 6.45) is 3.44. The van der Waals surface area contributed by atoms with Gasteiger partial charge in [0, 0.05) is 19.9 Å². The Balaban J connectivity index is 2.76. The quantitative estimate of drug-likeness (QED) is 0.783. The molecule has 1 heterocycles. The summed E-state index contributed by atoms with van der Waals surface area (Å²) in [5.41, 5.74) is 0. The first kappa shape index (κ1) is 12.2. The molecule has 0 fully saturated rings. The molecule has 0 bridgehead atoms. The first-order valence-electron chi connectivity index (χ1n) is 4.51. The smallest absolute Gasteiger partial charge is 0.241 e. The van der Waals surface area contributed by atoms with Crippen LogP contribution in [0.4, 0.5) is 0 Å². The van der Waals surface area contributed by atoms with Gasteiger partial charge in [-0.3, -0.25) is 4.68 Å². The maximum absolute atomic E-state index is 11.0. The zero-order chi connectivity index (χ0) is 11.5. The average Bonchev–Trinajstić information content (AvgIpc) is 2.62. The second-order valence-electron chi connectivity index (χ2n) is 3.33. The summed E-state index contributed by atoms with van der Waals surface area (Å²) in [6.45, 7) is 2.53. The van der Waals surface area contributed by atoms with Gasteiger partial charge < -0.3 is 4.74 Å². The predicted octanol–water partition coefficient (Wildman–Crippen LogP) is 0.128. The predicted molar refractivity (Wildman–Crippen MR) is 54.8 cm³/mol. The lowest BCUT2D eigenvalue weighted by atomic mass is 10.2. The van der Waals surface area contributed by atoms with E-state index in [1.807, 2.05) is 6.92 Å². The molecule has 1 aromatic heterocycles. The van der Waals surface area contributed by atoms with Gasteiger partial charge in [-0.1, -0.05) is 0 Å². The van der Waals surface area contributed by atoms with Crippen LogP contribution in [0.15, 0.2) is 17.3 Å². The van der Waals surface area contributed by atoms with Gasteiger partial charge in [0.05, 0.1) is 12.2 Å². The highest BCUT2D eigenvalue weighted by Crippen LogP contribution is 2.12. The lowest BCUT2D eigenvalue weighted by molar-refractivity contribution is 0.178. The molecule has 0 aliphatic carbocycles. The van der Waals surface area contributed by atoms with Crippen LogP contribution in [0, 0.1) is 0 Å². The summed E-state index contributed by atoms with van der Waals surface area (Å²) < 4.78 is 28.5. The van der Waals surface area contributed by atoms with Crippen LogP contribution in [0.1, 0.15) is 19.4 Å². The van der Waals surface area contributed by atoms with Crippen LogP contribution < -0.4 is 5.14 Å². The molecule has 6 nitrogen and oxygen atoms in total. The summed E-state index contributed by atoms with van der Waals surface area (Å²) in [6, 6.07) is 0.0837. The highest BCUT2D eigenvalue weighted by molar-refractivity contribution is 7.89. The number of methoxy groups -OCH3 is 1. The molecule has 0 radical (unpaired) electrons. The second kappa shape index (κ2) is 4.73. The molecule has 2 N–H and O–H groups in total. The van der Waals surface area contributed by atoms with Crippen LogP contribution in [0.25, 0.3) is 0 Å². The summed E-state index contributed by atoms with van der Waals surface area (Å²) in [4.78, 5) is 0.0340. The molecule has 86 valence electrons. The fraction of sp³-hybridized carbons (Fsp3) is 0.625. The van der Waals surface area contributed by atoms with Crippen molar-refractivity contribution in [2.24, 2.45) is 5.14 Å². The van der Waals surface area contributed by atoms with Gasteiger partial charge in [-0.05, 0) is 13.3 Å². The van der Waals surface area contributed by atoms with Crippen molar-refractivity contribution in [3.63, 3.8) is 0 Å². The maximum Gasteiger partial charge on any atom is 0.241 e. The molecule has 0 aliphatic heterocycles. The molecule has 0 spiro atoms. The Labute approximate surface area is 89.1 Å². The van der Waals surface area contributed by atoms with Gasteiger partial charge in [-0.25, -0.2) is 13.6 Å². The normalized spacial score (nSPS) is 14.1. The zero-order valence-corrected chi connectivity index (χ0v) is 9.57. The van der Waals surface area contributed by atoms with Crippen molar-refractivity contribution < 1.29 is 13.2 Å². The first-order valence-corrected chi connectivity index (χ1v) is 6.05. The van der Waals surface area contributed by atoms with Crippen molar-refractivity contribution in [3.8, 4) is 0 Å². The molecule has 0 aromatic carbocycles. The van der Waals surface area contributed by atoms with E-state index in [4.69, 9.17) is 9.88 Å². The standard InChI is InChI=1S/C8H15N3O3S/c1-7(3-4-14-2)11-6-8(5-10-11)15(9,12)13/h5-7H,3-4H2,1-2H3,(H2,9,12,13). The third-order valence-electron chi connectivity index (χ3n) is 2.10. The first-order chi connectivity index (χ1) is 6.95. The summed E-state index contributed by atoms with van der Waals surface area (Å²) in [5.74, 6) is 0. The van der Waals surface area contributed by atoms with Gasteiger partial charge in [0.1, 0.15) is 4.90 Å². The maximum atomic E-state index is 11.0. The Bertz CT molecular complexity index is 413. The van der Waals surface area contributed by atoms with Crippen molar-refractivity contribution in [3.05, 3.63) is 12.4 Å². The topological polar surface area (TPSA) is 87.2 Å². The van der Waals surface area contributed by atoms with Crippen LogP contribution >= 0.6 is 0 Å². The lowest BCUT2D eigenvalue weighted by Crippen LogP contribution is -2.12. The Kier molecular flexibility index (Phi) is 3.83. The number of sulfonamides is 1. The van der Waals surface area contributed by atoms with E-state index in [9.17, 15) is 8.42 Å². The van der Waals surface area contributed by atoms with Crippen LogP contribution in [-0.4, -0.2) is 31.9 Å². The minimum atomic E-state index is -3.65. The molecule has 0 saturated heterocycles. The SMILES string of the molecule is COCCC(C)n1cc(S(N)(=O)=O)cn1. The lowest BCUT2D eigenvalue weighted by Gasteiger charge is -2.10. The van der Waals surface area contributed by atoms with E-state index in [-0.39, 0.29) is 10.9 Å². The number of rotatable bonds is 5. The summed E-state index contributed by atoms with van der Waals surface area (Å²) in [5, 5.41) is 8.90. The van der Waals surface area contributed by atoms with E-state index in [0.29, 0.717) is 6.61 Å². The number of hydrogen-bond donors (Lipinski definition) is 1. The Hall–Kier alpha value is -0.920. The highest BCUT2D eigenvalue weighted by atomic mass is 32.2. The molecule has 1 atom stereocenters. The zero-order valence-electron chi connectivity index (χ0n) is 8.75. The molecule has 1 rings (SSSR count). The van der Waals surface area contributed by atoms with E-state index in [1.54, 1.807) is 11.8 Å². The Morgan fingerprint density at radius 2 is 2.33 bits per heavy atom. The van der Waals surface area contributed by atoms with E-state index >= 15 is 0 Å². The Morgan fingerprint density at radius 3 is 2.80 bits per heavy atom. The minimum absolute atomic E-state index is 0.0340. The van der Waals surface area contributed by atoms with Crippen molar-refractivity contribution in [1.82, 2.24) is 9.78 Å². The molecule has 0 saturated carbocycles. The fourth-order valence-corrected chi connectivity index (χ4v) is 1.58.